The lowest BCUT2D eigenvalue weighted by Crippen LogP contribution is -2.31. The molecule has 8 nitrogen and oxygen atoms in total. The molecule has 0 aliphatic carbocycles. The van der Waals surface area contributed by atoms with E-state index < -0.39 is 42.1 Å². The molecule has 0 radical (unpaired) electrons. The fourth-order valence-electron chi connectivity index (χ4n) is 1.56. The molecule has 0 heterocycles. The van der Waals surface area contributed by atoms with E-state index in [4.69, 9.17) is 20.4 Å². The first-order valence-electron chi connectivity index (χ1n) is 5.15. The van der Waals surface area contributed by atoms with Gasteiger partial charge in [0, 0.05) is 6.42 Å². The summed E-state index contributed by atoms with van der Waals surface area (Å²) in [4.78, 5) is 42.5. The minimum atomic E-state index is -1.56. The van der Waals surface area contributed by atoms with Crippen molar-refractivity contribution in [2.45, 2.75) is 25.7 Å². The Labute approximate surface area is 102 Å². The molecule has 0 saturated carbocycles. The maximum absolute atomic E-state index is 10.9. The van der Waals surface area contributed by atoms with E-state index in [0.29, 0.717) is 0 Å². The predicted molar refractivity (Wildman–Crippen MR) is 56.0 cm³/mol. The van der Waals surface area contributed by atoms with Gasteiger partial charge in [0.2, 0.25) is 0 Å². The average Bonchev–Trinajstić information content (AvgIpc) is 2.20. The predicted octanol–water partition coefficient (Wildman–Crippen LogP) is 0.118. The van der Waals surface area contributed by atoms with E-state index >= 15 is 0 Å². The monoisotopic (exact) mass is 262 g/mol. The first-order chi connectivity index (χ1) is 8.25. The molecule has 0 amide bonds. The van der Waals surface area contributed by atoms with E-state index in [9.17, 15) is 19.2 Å². The molecule has 0 saturated heterocycles. The summed E-state index contributed by atoms with van der Waals surface area (Å²) in [5, 5.41) is 34.6. The van der Waals surface area contributed by atoms with Crippen molar-refractivity contribution in [3.05, 3.63) is 0 Å². The van der Waals surface area contributed by atoms with Crippen molar-refractivity contribution < 1.29 is 39.6 Å². The van der Waals surface area contributed by atoms with Crippen molar-refractivity contribution in [1.29, 1.82) is 0 Å². The number of hydrogen-bond acceptors (Lipinski definition) is 4. The molecule has 4 N–H and O–H groups in total. The van der Waals surface area contributed by atoms with Crippen LogP contribution in [-0.4, -0.2) is 44.3 Å². The second-order valence-corrected chi connectivity index (χ2v) is 3.77. The van der Waals surface area contributed by atoms with Crippen molar-refractivity contribution >= 4 is 23.9 Å². The quantitative estimate of drug-likeness (QED) is 0.457. The molecule has 0 aliphatic rings. The number of carboxylic acid groups (broad SMARTS) is 4. The van der Waals surface area contributed by atoms with Crippen LogP contribution in [0.2, 0.25) is 0 Å². The smallest absolute Gasteiger partial charge is 0.307 e. The molecule has 0 spiro atoms. The van der Waals surface area contributed by atoms with Gasteiger partial charge in [-0.2, -0.15) is 0 Å². The van der Waals surface area contributed by atoms with Gasteiger partial charge in [0.05, 0.1) is 18.3 Å². The molecule has 0 bridgehead atoms. The van der Waals surface area contributed by atoms with Gasteiger partial charge < -0.3 is 20.4 Å². The Morgan fingerprint density at radius 3 is 1.61 bits per heavy atom. The van der Waals surface area contributed by atoms with Crippen molar-refractivity contribution in [2.24, 2.45) is 11.8 Å². The lowest BCUT2D eigenvalue weighted by atomic mass is 9.85. The van der Waals surface area contributed by atoms with Gasteiger partial charge >= 0.3 is 23.9 Å². The molecular weight excluding hydrogens is 248 g/mol. The van der Waals surface area contributed by atoms with Crippen molar-refractivity contribution in [3.63, 3.8) is 0 Å². The van der Waals surface area contributed by atoms with E-state index in [2.05, 4.69) is 0 Å². The highest BCUT2D eigenvalue weighted by Gasteiger charge is 2.35. The summed E-state index contributed by atoms with van der Waals surface area (Å²) in [6.07, 6.45) is -1.30. The van der Waals surface area contributed by atoms with Crippen LogP contribution in [0.5, 0.6) is 0 Å². The van der Waals surface area contributed by atoms with Gasteiger partial charge in [0.25, 0.3) is 0 Å². The minimum absolute atomic E-state index is 0.0182. The molecule has 18 heavy (non-hydrogen) atoms. The summed E-state index contributed by atoms with van der Waals surface area (Å²) in [5.41, 5.74) is 0. The summed E-state index contributed by atoms with van der Waals surface area (Å²) in [6.45, 7) is 0. The molecule has 2 atom stereocenters. The van der Waals surface area contributed by atoms with Gasteiger partial charge in [-0.25, -0.2) is 0 Å². The summed E-state index contributed by atoms with van der Waals surface area (Å²) >= 11 is 0. The largest absolute Gasteiger partial charge is 0.481 e. The molecular formula is C10H14O8. The third-order valence-corrected chi connectivity index (χ3v) is 2.42. The minimum Gasteiger partial charge on any atom is -0.481 e. The Morgan fingerprint density at radius 2 is 1.28 bits per heavy atom. The maximum Gasteiger partial charge on any atom is 0.307 e. The van der Waals surface area contributed by atoms with Crippen LogP contribution in [0, 0.1) is 11.8 Å². The normalized spacial score (nSPS) is 13.6. The first-order valence-corrected chi connectivity index (χ1v) is 5.15. The third kappa shape index (κ3) is 5.83. The van der Waals surface area contributed by atoms with Gasteiger partial charge in [0.1, 0.15) is 0 Å². The Morgan fingerprint density at radius 1 is 0.778 bits per heavy atom. The molecule has 0 rings (SSSR count). The first kappa shape index (κ1) is 15.9. The van der Waals surface area contributed by atoms with Crippen LogP contribution >= 0.6 is 0 Å². The molecule has 102 valence electrons. The van der Waals surface area contributed by atoms with Crippen molar-refractivity contribution in [2.75, 3.05) is 0 Å². The van der Waals surface area contributed by atoms with Crippen molar-refractivity contribution in [3.8, 4) is 0 Å². The lowest BCUT2D eigenvalue weighted by molar-refractivity contribution is -0.157. The van der Waals surface area contributed by atoms with Crippen LogP contribution in [0.25, 0.3) is 0 Å². The van der Waals surface area contributed by atoms with Crippen LogP contribution in [0.3, 0.4) is 0 Å². The van der Waals surface area contributed by atoms with Gasteiger partial charge in [-0.3, -0.25) is 19.2 Å². The van der Waals surface area contributed by atoms with Crippen LogP contribution in [-0.2, 0) is 19.2 Å². The summed E-state index contributed by atoms with van der Waals surface area (Å²) in [7, 11) is 0. The SMILES string of the molecule is O=C(O)CCCC(C(=O)O)C(CC(=O)O)C(=O)O. The van der Waals surface area contributed by atoms with Crippen LogP contribution in [0.15, 0.2) is 0 Å². The zero-order chi connectivity index (χ0) is 14.3. The third-order valence-electron chi connectivity index (χ3n) is 2.42. The van der Waals surface area contributed by atoms with E-state index in [1.54, 1.807) is 0 Å². The standard InChI is InChI=1S/C10H14O8/c11-7(12)3-1-2-5(9(15)16)6(10(17)18)4-8(13)14/h5-6H,1-4H2,(H,11,12)(H,13,14)(H,15,16)(H,17,18). The van der Waals surface area contributed by atoms with Gasteiger partial charge in [-0.15, -0.1) is 0 Å². The lowest BCUT2D eigenvalue weighted by Gasteiger charge is -2.18. The van der Waals surface area contributed by atoms with Crippen LogP contribution in [0.1, 0.15) is 25.7 Å². The second-order valence-electron chi connectivity index (χ2n) is 3.77. The molecule has 2 unspecified atom stereocenters. The average molecular weight is 262 g/mol. The highest BCUT2D eigenvalue weighted by Crippen LogP contribution is 2.23. The Kier molecular flexibility index (Phi) is 6.40. The topological polar surface area (TPSA) is 149 Å². The fraction of sp³-hybridized carbons (Fsp3) is 0.600. The highest BCUT2D eigenvalue weighted by molar-refractivity contribution is 5.83. The Balaban J connectivity index is 4.70. The van der Waals surface area contributed by atoms with Crippen LogP contribution in [0.4, 0.5) is 0 Å². The number of carbonyl (C=O) groups is 4. The van der Waals surface area contributed by atoms with Gasteiger partial charge in [0.15, 0.2) is 0 Å². The maximum atomic E-state index is 10.9. The molecule has 0 fully saturated rings. The Bertz CT molecular complexity index is 348. The number of carboxylic acids is 4. The van der Waals surface area contributed by atoms with E-state index in [-0.39, 0.29) is 19.3 Å². The second kappa shape index (κ2) is 7.25. The van der Waals surface area contributed by atoms with Crippen LogP contribution < -0.4 is 0 Å². The van der Waals surface area contributed by atoms with Crippen molar-refractivity contribution in [1.82, 2.24) is 0 Å². The summed E-state index contributed by atoms with van der Waals surface area (Å²) in [6, 6.07) is 0. The molecule has 0 aromatic heterocycles. The number of aliphatic carboxylic acids is 4. The van der Waals surface area contributed by atoms with E-state index in [1.807, 2.05) is 0 Å². The molecule has 0 aromatic rings. The van der Waals surface area contributed by atoms with E-state index in [0.717, 1.165) is 0 Å². The highest BCUT2D eigenvalue weighted by atomic mass is 16.4. The number of rotatable bonds is 9. The summed E-state index contributed by atoms with van der Waals surface area (Å²) < 4.78 is 0. The molecule has 8 heteroatoms. The van der Waals surface area contributed by atoms with Gasteiger partial charge in [-0.05, 0) is 12.8 Å². The molecule has 0 aromatic carbocycles. The molecule has 0 aliphatic heterocycles. The van der Waals surface area contributed by atoms with Gasteiger partial charge in [-0.1, -0.05) is 0 Å². The summed E-state index contributed by atoms with van der Waals surface area (Å²) in [5.74, 6) is -8.45. The number of hydrogen-bond donors (Lipinski definition) is 4. The fourth-order valence-corrected chi connectivity index (χ4v) is 1.56. The zero-order valence-electron chi connectivity index (χ0n) is 9.40. The van der Waals surface area contributed by atoms with E-state index in [1.165, 1.54) is 0 Å². The zero-order valence-corrected chi connectivity index (χ0v) is 9.40. The Hall–Kier alpha value is -2.12.